The van der Waals surface area contributed by atoms with E-state index in [1.807, 2.05) is 12.1 Å². The average Bonchev–Trinajstić information content (AvgIpc) is 2.54. The molecule has 1 aromatic carbocycles. The van der Waals surface area contributed by atoms with Crippen molar-refractivity contribution in [2.45, 2.75) is 33.7 Å². The minimum Gasteiger partial charge on any atom is -0.365 e. The smallest absolute Gasteiger partial charge is 0.271 e. The molecule has 0 aliphatic heterocycles. The molecule has 23 heavy (non-hydrogen) atoms. The first-order chi connectivity index (χ1) is 11.1. The topological polar surface area (TPSA) is 66.9 Å². The van der Waals surface area contributed by atoms with Gasteiger partial charge in [0.15, 0.2) is 0 Å². The molecule has 1 heterocycles. The van der Waals surface area contributed by atoms with E-state index in [0.717, 1.165) is 6.42 Å². The predicted octanol–water partition coefficient (Wildman–Crippen LogP) is 3.17. The maximum Gasteiger partial charge on any atom is 0.271 e. The molecule has 2 aromatic rings. The first-order valence-corrected chi connectivity index (χ1v) is 7.95. The number of aryl methyl sites for hydroxylation is 1. The minimum atomic E-state index is -0.177. The van der Waals surface area contributed by atoms with Crippen molar-refractivity contribution in [1.82, 2.24) is 15.3 Å². The normalized spacial score (nSPS) is 10.6. The van der Waals surface area contributed by atoms with Crippen molar-refractivity contribution in [2.24, 2.45) is 5.92 Å². The highest BCUT2D eigenvalue weighted by atomic mass is 16.1. The number of nitrogens with zero attached hydrogens (tertiary/aromatic N) is 2. The molecule has 0 fully saturated rings. The number of hydrogen-bond acceptors (Lipinski definition) is 4. The number of rotatable bonds is 7. The Labute approximate surface area is 137 Å². The summed E-state index contributed by atoms with van der Waals surface area (Å²) in [5.74, 6) is 1.05. The highest BCUT2D eigenvalue weighted by Crippen LogP contribution is 2.09. The minimum absolute atomic E-state index is 0.177. The third-order valence-corrected chi connectivity index (χ3v) is 3.61. The van der Waals surface area contributed by atoms with Crippen molar-refractivity contribution in [3.63, 3.8) is 0 Å². The standard InChI is InChI=1S/C18H24N4O/c1-13(2)8-9-19-18(23)16-11-22-17(12-20-16)21-10-15-7-5-4-6-14(15)3/h4-7,11-13H,8-10H2,1-3H3,(H,19,23)(H,21,22). The van der Waals surface area contributed by atoms with Crippen molar-refractivity contribution in [2.75, 3.05) is 11.9 Å². The van der Waals surface area contributed by atoms with Crippen LogP contribution in [0.15, 0.2) is 36.7 Å². The maximum atomic E-state index is 11.9. The number of aromatic nitrogens is 2. The molecule has 122 valence electrons. The molecule has 0 bridgehead atoms. The molecular weight excluding hydrogens is 288 g/mol. The van der Waals surface area contributed by atoms with Crippen LogP contribution in [0.25, 0.3) is 0 Å². The molecule has 0 unspecified atom stereocenters. The predicted molar refractivity (Wildman–Crippen MR) is 92.3 cm³/mol. The molecule has 0 atom stereocenters. The fourth-order valence-corrected chi connectivity index (χ4v) is 2.10. The largest absolute Gasteiger partial charge is 0.365 e. The van der Waals surface area contributed by atoms with E-state index in [0.29, 0.717) is 30.5 Å². The van der Waals surface area contributed by atoms with Gasteiger partial charge in [0.1, 0.15) is 11.5 Å². The van der Waals surface area contributed by atoms with Crippen LogP contribution >= 0.6 is 0 Å². The van der Waals surface area contributed by atoms with E-state index in [2.05, 4.69) is 53.5 Å². The van der Waals surface area contributed by atoms with Crippen molar-refractivity contribution in [1.29, 1.82) is 0 Å². The molecule has 5 heteroatoms. The van der Waals surface area contributed by atoms with Gasteiger partial charge < -0.3 is 10.6 Å². The zero-order chi connectivity index (χ0) is 16.7. The van der Waals surface area contributed by atoms with Crippen LogP contribution in [0.1, 0.15) is 41.9 Å². The van der Waals surface area contributed by atoms with E-state index in [9.17, 15) is 4.79 Å². The zero-order valence-electron chi connectivity index (χ0n) is 14.0. The van der Waals surface area contributed by atoms with Crippen LogP contribution in [0.3, 0.4) is 0 Å². The van der Waals surface area contributed by atoms with Crippen molar-refractivity contribution >= 4 is 11.7 Å². The Balaban J connectivity index is 1.87. The third kappa shape index (κ3) is 5.36. The van der Waals surface area contributed by atoms with E-state index in [-0.39, 0.29) is 5.91 Å². The molecule has 0 spiro atoms. The van der Waals surface area contributed by atoms with Gasteiger partial charge in [-0.1, -0.05) is 38.1 Å². The lowest BCUT2D eigenvalue weighted by atomic mass is 10.1. The molecule has 5 nitrogen and oxygen atoms in total. The van der Waals surface area contributed by atoms with E-state index in [1.165, 1.54) is 17.3 Å². The summed E-state index contributed by atoms with van der Waals surface area (Å²) >= 11 is 0. The van der Waals surface area contributed by atoms with Gasteiger partial charge >= 0.3 is 0 Å². The fourth-order valence-electron chi connectivity index (χ4n) is 2.10. The van der Waals surface area contributed by atoms with Gasteiger partial charge in [0.05, 0.1) is 12.4 Å². The van der Waals surface area contributed by atoms with Crippen molar-refractivity contribution < 1.29 is 4.79 Å². The zero-order valence-corrected chi connectivity index (χ0v) is 14.0. The monoisotopic (exact) mass is 312 g/mol. The lowest BCUT2D eigenvalue weighted by molar-refractivity contribution is 0.0946. The van der Waals surface area contributed by atoms with Gasteiger partial charge in [0.2, 0.25) is 0 Å². The second kappa shape index (κ2) is 8.27. The van der Waals surface area contributed by atoms with Crippen LogP contribution in [0.2, 0.25) is 0 Å². The fraction of sp³-hybridized carbons (Fsp3) is 0.389. The van der Waals surface area contributed by atoms with Crippen LogP contribution in [0.5, 0.6) is 0 Å². The van der Waals surface area contributed by atoms with Gasteiger partial charge in [-0.2, -0.15) is 0 Å². The van der Waals surface area contributed by atoms with Crippen molar-refractivity contribution in [3.05, 3.63) is 53.5 Å². The SMILES string of the molecule is Cc1ccccc1CNc1cnc(C(=O)NCCC(C)C)cn1. The van der Waals surface area contributed by atoms with E-state index < -0.39 is 0 Å². The third-order valence-electron chi connectivity index (χ3n) is 3.61. The van der Waals surface area contributed by atoms with Gasteiger partial charge in [-0.05, 0) is 30.4 Å². The summed E-state index contributed by atoms with van der Waals surface area (Å²) < 4.78 is 0. The second-order valence-electron chi connectivity index (χ2n) is 6.01. The van der Waals surface area contributed by atoms with Crippen LogP contribution in [0, 0.1) is 12.8 Å². The van der Waals surface area contributed by atoms with Crippen LogP contribution in [-0.2, 0) is 6.54 Å². The molecule has 1 amide bonds. The summed E-state index contributed by atoms with van der Waals surface area (Å²) in [6, 6.07) is 8.19. The Bertz CT molecular complexity index is 638. The van der Waals surface area contributed by atoms with E-state index >= 15 is 0 Å². The maximum absolute atomic E-state index is 11.9. The second-order valence-corrected chi connectivity index (χ2v) is 6.01. The van der Waals surface area contributed by atoms with E-state index in [1.54, 1.807) is 6.20 Å². The highest BCUT2D eigenvalue weighted by molar-refractivity contribution is 5.91. The molecular formula is C18H24N4O. The number of carbonyl (C=O) groups excluding carboxylic acids is 1. The molecule has 0 saturated carbocycles. The molecule has 0 saturated heterocycles. The van der Waals surface area contributed by atoms with Crippen LogP contribution in [-0.4, -0.2) is 22.4 Å². The average molecular weight is 312 g/mol. The molecule has 2 N–H and O–H groups in total. The van der Waals surface area contributed by atoms with Gasteiger partial charge in [0.25, 0.3) is 5.91 Å². The molecule has 0 radical (unpaired) electrons. The number of nitrogens with one attached hydrogen (secondary N) is 2. The summed E-state index contributed by atoms with van der Waals surface area (Å²) in [6.45, 7) is 7.67. The molecule has 2 rings (SSSR count). The Morgan fingerprint density at radius 3 is 2.61 bits per heavy atom. The summed E-state index contributed by atoms with van der Waals surface area (Å²) in [6.07, 6.45) is 4.05. The Hall–Kier alpha value is -2.43. The number of amides is 1. The van der Waals surface area contributed by atoms with E-state index in [4.69, 9.17) is 0 Å². The van der Waals surface area contributed by atoms with Crippen molar-refractivity contribution in [3.8, 4) is 0 Å². The lowest BCUT2D eigenvalue weighted by Gasteiger charge is -2.09. The summed E-state index contributed by atoms with van der Waals surface area (Å²) in [5.41, 5.74) is 2.79. The quantitative estimate of drug-likeness (QED) is 0.824. The Morgan fingerprint density at radius 2 is 1.96 bits per heavy atom. The lowest BCUT2D eigenvalue weighted by Crippen LogP contribution is -2.26. The summed E-state index contributed by atoms with van der Waals surface area (Å²) in [4.78, 5) is 20.4. The first-order valence-electron chi connectivity index (χ1n) is 7.95. The molecule has 0 aliphatic rings. The number of carbonyl (C=O) groups is 1. The van der Waals surface area contributed by atoms with Gasteiger partial charge in [0, 0.05) is 13.1 Å². The van der Waals surface area contributed by atoms with Gasteiger partial charge in [-0.3, -0.25) is 4.79 Å². The number of benzene rings is 1. The van der Waals surface area contributed by atoms with Gasteiger partial charge in [-0.25, -0.2) is 9.97 Å². The summed E-state index contributed by atoms with van der Waals surface area (Å²) in [7, 11) is 0. The first kappa shape index (κ1) is 16.9. The van der Waals surface area contributed by atoms with Crippen LogP contribution in [0.4, 0.5) is 5.82 Å². The van der Waals surface area contributed by atoms with Gasteiger partial charge in [-0.15, -0.1) is 0 Å². The highest BCUT2D eigenvalue weighted by Gasteiger charge is 2.08. The Morgan fingerprint density at radius 1 is 1.17 bits per heavy atom. The summed E-state index contributed by atoms with van der Waals surface area (Å²) in [5, 5.41) is 6.07. The van der Waals surface area contributed by atoms with Crippen LogP contribution < -0.4 is 10.6 Å². The number of anilines is 1. The molecule has 1 aromatic heterocycles. The Kier molecular flexibility index (Phi) is 6.09. The molecule has 0 aliphatic carbocycles. The number of hydrogen-bond donors (Lipinski definition) is 2.